The van der Waals surface area contributed by atoms with E-state index < -0.39 is 0 Å². The molecule has 0 spiro atoms. The van der Waals surface area contributed by atoms with Crippen molar-refractivity contribution in [2.45, 2.75) is 44.8 Å². The highest BCUT2D eigenvalue weighted by Crippen LogP contribution is 2.27. The van der Waals surface area contributed by atoms with E-state index in [9.17, 15) is 0 Å². The summed E-state index contributed by atoms with van der Waals surface area (Å²) in [5.41, 5.74) is 3.03. The fourth-order valence-electron chi connectivity index (χ4n) is 2.85. The average Bonchev–Trinajstić information content (AvgIpc) is 3.32. The van der Waals surface area contributed by atoms with E-state index in [1.807, 2.05) is 16.9 Å². The maximum atomic E-state index is 5.77. The van der Waals surface area contributed by atoms with Gasteiger partial charge in [-0.3, -0.25) is 0 Å². The third-order valence-electron chi connectivity index (χ3n) is 4.36. The monoisotopic (exact) mass is 307 g/mol. The maximum Gasteiger partial charge on any atom is 0.113 e. The predicted octanol–water partition coefficient (Wildman–Crippen LogP) is 3.28. The van der Waals surface area contributed by atoms with E-state index in [0.29, 0.717) is 5.92 Å². The average molecular weight is 307 g/mol. The number of nitrogens with zero attached hydrogens (tertiary/aromatic N) is 3. The van der Waals surface area contributed by atoms with Crippen molar-refractivity contribution in [2.24, 2.45) is 5.92 Å². The smallest absolute Gasteiger partial charge is 0.113 e. The van der Waals surface area contributed by atoms with Crippen molar-refractivity contribution in [3.8, 4) is 23.1 Å². The molecule has 4 rings (SSSR count). The Morgan fingerprint density at radius 3 is 3.00 bits per heavy atom. The maximum absolute atomic E-state index is 5.77. The fourth-order valence-corrected chi connectivity index (χ4v) is 2.85. The van der Waals surface area contributed by atoms with Crippen LogP contribution in [0.15, 0.2) is 30.5 Å². The lowest BCUT2D eigenvalue weighted by molar-refractivity contribution is 0.00370. The van der Waals surface area contributed by atoms with E-state index in [-0.39, 0.29) is 6.10 Å². The summed E-state index contributed by atoms with van der Waals surface area (Å²) in [4.78, 5) is 0. The van der Waals surface area contributed by atoms with Crippen LogP contribution in [0, 0.1) is 17.8 Å². The second-order valence-electron chi connectivity index (χ2n) is 6.44. The van der Waals surface area contributed by atoms with Crippen LogP contribution in [0.5, 0.6) is 0 Å². The van der Waals surface area contributed by atoms with Crippen LogP contribution in [0.3, 0.4) is 0 Å². The Balaban J connectivity index is 1.47. The van der Waals surface area contributed by atoms with Gasteiger partial charge in [0.1, 0.15) is 5.69 Å². The van der Waals surface area contributed by atoms with Crippen LogP contribution >= 0.6 is 0 Å². The Hall–Kier alpha value is -2.12. The number of ether oxygens (including phenoxy) is 1. The number of aromatic nitrogens is 3. The molecule has 1 atom stereocenters. The van der Waals surface area contributed by atoms with Gasteiger partial charge in [0, 0.05) is 23.7 Å². The van der Waals surface area contributed by atoms with Crippen molar-refractivity contribution < 1.29 is 4.74 Å². The first-order valence-corrected chi connectivity index (χ1v) is 8.50. The highest BCUT2D eigenvalue weighted by atomic mass is 16.5. The van der Waals surface area contributed by atoms with Gasteiger partial charge in [-0.15, -0.1) is 5.10 Å². The van der Waals surface area contributed by atoms with E-state index in [1.165, 1.54) is 25.7 Å². The molecule has 2 aliphatic rings. The molecule has 0 N–H and O–H groups in total. The molecule has 1 saturated heterocycles. The van der Waals surface area contributed by atoms with Crippen LogP contribution in [0.1, 0.15) is 37.7 Å². The number of hydrogen-bond donors (Lipinski definition) is 0. The SMILES string of the molecule is C(#CC1CC1)c1cccc(-c2cn(C[C@H]3CCCCO3)nn2)c1. The third kappa shape index (κ3) is 3.80. The molecule has 0 unspecified atom stereocenters. The van der Waals surface area contributed by atoms with Gasteiger partial charge in [-0.05, 0) is 44.2 Å². The molecule has 0 bridgehead atoms. The molecule has 0 amide bonds. The Morgan fingerprint density at radius 2 is 2.17 bits per heavy atom. The Bertz CT molecular complexity index is 730. The fraction of sp³-hybridized carbons (Fsp3) is 0.474. The van der Waals surface area contributed by atoms with Crippen molar-refractivity contribution in [1.29, 1.82) is 0 Å². The number of rotatable bonds is 3. The van der Waals surface area contributed by atoms with Crippen molar-refractivity contribution in [3.63, 3.8) is 0 Å². The van der Waals surface area contributed by atoms with Crippen LogP contribution in [-0.4, -0.2) is 27.7 Å². The van der Waals surface area contributed by atoms with Crippen LogP contribution in [-0.2, 0) is 11.3 Å². The normalized spacial score (nSPS) is 20.8. The lowest BCUT2D eigenvalue weighted by Crippen LogP contribution is -2.24. The van der Waals surface area contributed by atoms with E-state index in [1.54, 1.807) is 0 Å². The summed E-state index contributed by atoms with van der Waals surface area (Å²) in [5.74, 6) is 7.19. The molecule has 1 saturated carbocycles. The zero-order valence-electron chi connectivity index (χ0n) is 13.2. The van der Waals surface area contributed by atoms with Gasteiger partial charge in [0.15, 0.2) is 0 Å². The predicted molar refractivity (Wildman–Crippen MR) is 88.7 cm³/mol. The first-order valence-electron chi connectivity index (χ1n) is 8.50. The van der Waals surface area contributed by atoms with Gasteiger partial charge in [0.25, 0.3) is 0 Å². The number of hydrogen-bond acceptors (Lipinski definition) is 3. The largest absolute Gasteiger partial charge is 0.376 e. The summed E-state index contributed by atoms with van der Waals surface area (Å²) in [7, 11) is 0. The summed E-state index contributed by atoms with van der Waals surface area (Å²) in [6, 6.07) is 8.25. The quantitative estimate of drug-likeness (QED) is 0.817. The van der Waals surface area contributed by atoms with Crippen molar-refractivity contribution >= 4 is 0 Å². The topological polar surface area (TPSA) is 39.9 Å². The molecule has 23 heavy (non-hydrogen) atoms. The molecule has 4 heteroatoms. The van der Waals surface area contributed by atoms with Gasteiger partial charge in [0.2, 0.25) is 0 Å². The molecule has 1 aliphatic heterocycles. The Labute approximate surface area is 136 Å². The van der Waals surface area contributed by atoms with Gasteiger partial charge in [-0.1, -0.05) is 29.2 Å². The summed E-state index contributed by atoms with van der Waals surface area (Å²) in [5, 5.41) is 8.56. The van der Waals surface area contributed by atoms with Crippen molar-refractivity contribution in [2.75, 3.05) is 6.61 Å². The van der Waals surface area contributed by atoms with Crippen molar-refractivity contribution in [1.82, 2.24) is 15.0 Å². The van der Waals surface area contributed by atoms with Crippen LogP contribution in [0.25, 0.3) is 11.3 Å². The molecule has 2 heterocycles. The first kappa shape index (κ1) is 14.5. The molecule has 1 aliphatic carbocycles. The van der Waals surface area contributed by atoms with Crippen LogP contribution in [0.4, 0.5) is 0 Å². The third-order valence-corrected chi connectivity index (χ3v) is 4.36. The van der Waals surface area contributed by atoms with Gasteiger partial charge in [-0.25, -0.2) is 4.68 Å². The minimum absolute atomic E-state index is 0.272. The highest BCUT2D eigenvalue weighted by Gasteiger charge is 2.18. The van der Waals surface area contributed by atoms with E-state index >= 15 is 0 Å². The van der Waals surface area contributed by atoms with Crippen molar-refractivity contribution in [3.05, 3.63) is 36.0 Å². The van der Waals surface area contributed by atoms with Gasteiger partial charge in [0.05, 0.1) is 18.8 Å². The zero-order chi connectivity index (χ0) is 15.5. The first-order chi connectivity index (χ1) is 11.4. The van der Waals surface area contributed by atoms with E-state index in [2.05, 4.69) is 40.4 Å². The Kier molecular flexibility index (Phi) is 4.12. The molecule has 2 aromatic rings. The van der Waals surface area contributed by atoms with Gasteiger partial charge < -0.3 is 4.74 Å². The van der Waals surface area contributed by atoms with Gasteiger partial charge >= 0.3 is 0 Å². The van der Waals surface area contributed by atoms with Crippen LogP contribution in [0.2, 0.25) is 0 Å². The van der Waals surface area contributed by atoms with E-state index in [0.717, 1.165) is 36.4 Å². The summed E-state index contributed by atoms with van der Waals surface area (Å²) in [6.45, 7) is 1.65. The van der Waals surface area contributed by atoms with E-state index in [4.69, 9.17) is 4.74 Å². The lowest BCUT2D eigenvalue weighted by Gasteiger charge is -2.21. The molecule has 118 valence electrons. The minimum Gasteiger partial charge on any atom is -0.376 e. The van der Waals surface area contributed by atoms with Gasteiger partial charge in [-0.2, -0.15) is 0 Å². The highest BCUT2D eigenvalue weighted by molar-refractivity contribution is 5.60. The molecule has 2 fully saturated rings. The summed E-state index contributed by atoms with van der Waals surface area (Å²) < 4.78 is 7.67. The molecular weight excluding hydrogens is 286 g/mol. The zero-order valence-corrected chi connectivity index (χ0v) is 13.2. The summed E-state index contributed by atoms with van der Waals surface area (Å²) >= 11 is 0. The molecule has 4 nitrogen and oxygen atoms in total. The molecular formula is C19H21N3O. The second kappa shape index (κ2) is 6.55. The summed E-state index contributed by atoms with van der Waals surface area (Å²) in [6.07, 6.45) is 8.32. The second-order valence-corrected chi connectivity index (χ2v) is 6.44. The molecule has 1 aromatic carbocycles. The number of benzene rings is 1. The molecule has 0 radical (unpaired) electrons. The Morgan fingerprint density at radius 1 is 1.22 bits per heavy atom. The standard InChI is InChI=1S/C19H21N3O/c1-2-11-23-18(6-1)13-22-14-19(20-21-22)17-5-3-4-16(12-17)10-9-15-7-8-15/h3-5,12,14-15,18H,1-2,6-8,11,13H2/t18-/m1/s1. The molecule has 1 aromatic heterocycles. The lowest BCUT2D eigenvalue weighted by atomic mass is 10.1. The minimum atomic E-state index is 0.272. The van der Waals surface area contributed by atoms with Crippen LogP contribution < -0.4 is 0 Å².